The smallest absolute Gasteiger partial charge is 0.282 e. The van der Waals surface area contributed by atoms with E-state index in [0.29, 0.717) is 28.0 Å². The number of hydrogen-bond donors (Lipinski definition) is 1. The van der Waals surface area contributed by atoms with Crippen molar-refractivity contribution in [3.8, 4) is 5.75 Å². The lowest BCUT2D eigenvalue weighted by molar-refractivity contribution is -0.118. The van der Waals surface area contributed by atoms with Crippen LogP contribution in [0.1, 0.15) is 49.4 Å². The Balaban J connectivity index is 1.35. The lowest BCUT2D eigenvalue weighted by Crippen LogP contribution is -2.25. The quantitative estimate of drug-likeness (QED) is 0.342. The number of hydrogen-bond acceptors (Lipinski definition) is 5. The van der Waals surface area contributed by atoms with Crippen LogP contribution in [-0.4, -0.2) is 28.4 Å². The lowest BCUT2D eigenvalue weighted by atomic mass is 9.88. The Morgan fingerprint density at radius 1 is 1.05 bits per heavy atom. The summed E-state index contributed by atoms with van der Waals surface area (Å²) in [6.07, 6.45) is 6.98. The van der Waals surface area contributed by atoms with Gasteiger partial charge < -0.3 is 10.1 Å². The molecule has 0 atom stereocenters. The number of rotatable bonds is 7. The first kappa shape index (κ1) is 24.4. The highest BCUT2D eigenvalue weighted by atomic mass is 19.1. The summed E-state index contributed by atoms with van der Waals surface area (Å²) in [5, 5.41) is 7.56. The number of carbonyl (C=O) groups excluding carboxylic acids is 1. The first-order valence-electron chi connectivity index (χ1n) is 12.4. The van der Waals surface area contributed by atoms with Crippen LogP contribution in [0.4, 0.5) is 10.1 Å². The summed E-state index contributed by atoms with van der Waals surface area (Å²) in [4.78, 5) is 30.4. The topological polar surface area (TPSA) is 85.6 Å². The Kier molecular flexibility index (Phi) is 7.35. The lowest BCUT2D eigenvalue weighted by Gasteiger charge is -2.22. The minimum absolute atomic E-state index is 0.0974. The SMILES string of the molecule is O=C(COc1cccc(C=Nn2c(C3CCCCC3)nc3ccccc3c2=O)c1)Nc1ccccc1F. The molecule has 0 bridgehead atoms. The molecule has 7 nitrogen and oxygen atoms in total. The van der Waals surface area contributed by atoms with E-state index in [1.165, 1.54) is 23.2 Å². The van der Waals surface area contributed by atoms with E-state index in [4.69, 9.17) is 9.72 Å². The molecule has 8 heteroatoms. The average molecular weight is 499 g/mol. The molecule has 0 radical (unpaired) electrons. The maximum Gasteiger partial charge on any atom is 0.282 e. The largest absolute Gasteiger partial charge is 0.484 e. The Morgan fingerprint density at radius 3 is 2.68 bits per heavy atom. The van der Waals surface area contributed by atoms with Gasteiger partial charge in [-0.25, -0.2) is 9.37 Å². The molecule has 1 N–H and O–H groups in total. The van der Waals surface area contributed by atoms with Crippen LogP contribution < -0.4 is 15.6 Å². The standard InChI is InChI=1S/C29H27FN4O3/c30-24-14-5-7-16-26(24)32-27(35)19-37-22-12-8-9-20(17-22)18-31-34-28(21-10-2-1-3-11-21)33-25-15-6-4-13-23(25)29(34)36/h4-9,12-18,21H,1-3,10-11,19H2,(H,32,35). The number of halogens is 1. The van der Waals surface area contributed by atoms with Crippen LogP contribution >= 0.6 is 0 Å². The fourth-order valence-electron chi connectivity index (χ4n) is 4.58. The maximum absolute atomic E-state index is 13.8. The number of amides is 1. The van der Waals surface area contributed by atoms with Gasteiger partial charge in [-0.05, 0) is 54.8 Å². The fourth-order valence-corrected chi connectivity index (χ4v) is 4.58. The molecule has 0 saturated heterocycles. The summed E-state index contributed by atoms with van der Waals surface area (Å²) in [7, 11) is 0. The van der Waals surface area contributed by atoms with Gasteiger partial charge >= 0.3 is 0 Å². The number of anilines is 1. The predicted molar refractivity (Wildman–Crippen MR) is 142 cm³/mol. The van der Waals surface area contributed by atoms with Crippen LogP contribution in [0, 0.1) is 5.82 Å². The summed E-state index contributed by atoms with van der Waals surface area (Å²) in [6, 6.07) is 20.3. The van der Waals surface area contributed by atoms with Crippen LogP contribution in [0.5, 0.6) is 5.75 Å². The molecule has 1 heterocycles. The monoisotopic (exact) mass is 498 g/mol. The number of nitrogens with zero attached hydrogens (tertiary/aromatic N) is 3. The highest BCUT2D eigenvalue weighted by Gasteiger charge is 2.22. The zero-order valence-electron chi connectivity index (χ0n) is 20.3. The second-order valence-corrected chi connectivity index (χ2v) is 9.07. The first-order valence-corrected chi connectivity index (χ1v) is 12.4. The third kappa shape index (κ3) is 5.74. The van der Waals surface area contributed by atoms with E-state index in [1.807, 2.05) is 24.3 Å². The number of aromatic nitrogens is 2. The Hall–Kier alpha value is -4.33. The molecule has 1 saturated carbocycles. The van der Waals surface area contributed by atoms with Crippen LogP contribution in [0.2, 0.25) is 0 Å². The van der Waals surface area contributed by atoms with E-state index in [0.717, 1.165) is 25.7 Å². The van der Waals surface area contributed by atoms with Gasteiger partial charge in [-0.3, -0.25) is 9.59 Å². The van der Waals surface area contributed by atoms with Crippen molar-refractivity contribution in [2.45, 2.75) is 38.0 Å². The van der Waals surface area contributed by atoms with Gasteiger partial charge in [0.15, 0.2) is 6.61 Å². The molecule has 1 aromatic heterocycles. The number of nitrogens with one attached hydrogen (secondary N) is 1. The average Bonchev–Trinajstić information content (AvgIpc) is 2.93. The van der Waals surface area contributed by atoms with Crippen molar-refractivity contribution in [2.75, 3.05) is 11.9 Å². The van der Waals surface area contributed by atoms with Crippen LogP contribution in [0.25, 0.3) is 10.9 Å². The highest BCUT2D eigenvalue weighted by Crippen LogP contribution is 2.31. The van der Waals surface area contributed by atoms with Gasteiger partial charge in [0, 0.05) is 5.92 Å². The van der Waals surface area contributed by atoms with Crippen molar-refractivity contribution in [1.29, 1.82) is 0 Å². The van der Waals surface area contributed by atoms with Crippen molar-refractivity contribution < 1.29 is 13.9 Å². The minimum atomic E-state index is -0.514. The molecule has 5 rings (SSSR count). The number of para-hydroxylation sites is 2. The molecule has 1 amide bonds. The number of benzene rings is 3. The van der Waals surface area contributed by atoms with Gasteiger partial charge in [-0.1, -0.05) is 55.7 Å². The van der Waals surface area contributed by atoms with Crippen molar-refractivity contribution in [1.82, 2.24) is 9.66 Å². The molecular weight excluding hydrogens is 471 g/mol. The van der Waals surface area contributed by atoms with E-state index in [2.05, 4.69) is 10.4 Å². The summed E-state index contributed by atoms with van der Waals surface area (Å²) in [6.45, 7) is -0.283. The number of ether oxygens (including phenoxy) is 1. The van der Waals surface area contributed by atoms with Gasteiger partial charge in [0.2, 0.25) is 0 Å². The summed E-state index contributed by atoms with van der Waals surface area (Å²) in [5.41, 5.74) is 1.28. The van der Waals surface area contributed by atoms with Crippen LogP contribution in [0.15, 0.2) is 82.7 Å². The summed E-state index contributed by atoms with van der Waals surface area (Å²) < 4.78 is 20.8. The second-order valence-electron chi connectivity index (χ2n) is 9.07. The minimum Gasteiger partial charge on any atom is -0.484 e. The zero-order chi connectivity index (χ0) is 25.6. The van der Waals surface area contributed by atoms with E-state index < -0.39 is 11.7 Å². The Morgan fingerprint density at radius 2 is 1.84 bits per heavy atom. The van der Waals surface area contributed by atoms with Crippen molar-refractivity contribution in [3.63, 3.8) is 0 Å². The Labute approximate surface area is 213 Å². The van der Waals surface area contributed by atoms with Crippen molar-refractivity contribution in [2.24, 2.45) is 5.10 Å². The summed E-state index contributed by atoms with van der Waals surface area (Å²) in [5.74, 6) is 0.335. The molecule has 0 spiro atoms. The molecule has 1 aliphatic rings. The fraction of sp³-hybridized carbons (Fsp3) is 0.241. The third-order valence-electron chi connectivity index (χ3n) is 6.45. The van der Waals surface area contributed by atoms with Gasteiger partial charge in [0.1, 0.15) is 17.4 Å². The molecule has 1 fully saturated rings. The number of carbonyl (C=O) groups is 1. The van der Waals surface area contributed by atoms with E-state index in [1.54, 1.807) is 42.6 Å². The van der Waals surface area contributed by atoms with Crippen molar-refractivity contribution in [3.05, 3.63) is 100 Å². The molecule has 3 aromatic carbocycles. The second kappa shape index (κ2) is 11.2. The van der Waals surface area contributed by atoms with E-state index >= 15 is 0 Å². The van der Waals surface area contributed by atoms with E-state index in [9.17, 15) is 14.0 Å². The zero-order valence-corrected chi connectivity index (χ0v) is 20.3. The molecule has 0 unspecified atom stereocenters. The van der Waals surface area contributed by atoms with Gasteiger partial charge in [0.25, 0.3) is 11.5 Å². The Bertz CT molecular complexity index is 1510. The van der Waals surface area contributed by atoms with Crippen LogP contribution in [-0.2, 0) is 4.79 Å². The normalized spacial score (nSPS) is 14.2. The third-order valence-corrected chi connectivity index (χ3v) is 6.45. The number of fused-ring (bicyclic) bond motifs is 1. The van der Waals surface area contributed by atoms with Gasteiger partial charge in [-0.2, -0.15) is 9.78 Å². The summed E-state index contributed by atoms with van der Waals surface area (Å²) >= 11 is 0. The van der Waals surface area contributed by atoms with Crippen molar-refractivity contribution >= 4 is 28.7 Å². The predicted octanol–water partition coefficient (Wildman–Crippen LogP) is 5.48. The van der Waals surface area contributed by atoms with Crippen LogP contribution in [0.3, 0.4) is 0 Å². The molecule has 4 aromatic rings. The maximum atomic E-state index is 13.8. The van der Waals surface area contributed by atoms with Gasteiger partial charge in [-0.15, -0.1) is 0 Å². The molecule has 1 aliphatic carbocycles. The molecule has 0 aliphatic heterocycles. The molecule has 37 heavy (non-hydrogen) atoms. The van der Waals surface area contributed by atoms with E-state index in [-0.39, 0.29) is 23.8 Å². The highest BCUT2D eigenvalue weighted by molar-refractivity contribution is 5.92. The molecular formula is C29H27FN4O3. The first-order chi connectivity index (χ1) is 18.1. The molecule has 188 valence electrons. The van der Waals surface area contributed by atoms with Gasteiger partial charge in [0.05, 0.1) is 22.8 Å².